The average molecular weight is 724 g/mol. The van der Waals surface area contributed by atoms with E-state index in [4.69, 9.17) is 4.74 Å². The molecule has 0 atom stereocenters. The number of hydrogen-bond acceptors (Lipinski definition) is 5. The molecule has 0 saturated heterocycles. The van der Waals surface area contributed by atoms with Crippen LogP contribution in [0.4, 0.5) is 0 Å². The maximum Gasteiger partial charge on any atom is 0.306 e. The Hall–Kier alpha value is -1.63. The highest BCUT2D eigenvalue weighted by Crippen LogP contribution is 2.18. The van der Waals surface area contributed by atoms with E-state index in [0.717, 1.165) is 38.5 Å². The van der Waals surface area contributed by atoms with Crippen LogP contribution in [-0.2, 0) is 24.3 Å². The lowest BCUT2D eigenvalue weighted by atomic mass is 10.0. The van der Waals surface area contributed by atoms with Gasteiger partial charge in [-0.25, -0.2) is 8.42 Å². The largest absolute Gasteiger partial charge is 0.462 e. The molecular weight excluding hydrogens is 643 g/mol. The zero-order chi connectivity index (χ0) is 37.0. The number of nitrogens with one attached hydrogen (secondary N) is 1. The normalized spacial score (nSPS) is 12.2. The lowest BCUT2D eigenvalue weighted by molar-refractivity contribution is -0.149. The number of esters is 1. The molecule has 0 radical (unpaired) electrons. The van der Waals surface area contributed by atoms with Gasteiger partial charge in [0.2, 0.25) is 15.9 Å². The first kappa shape index (κ1) is 48.4. The van der Waals surface area contributed by atoms with Crippen molar-refractivity contribution >= 4 is 21.9 Å². The van der Waals surface area contributed by atoms with Crippen molar-refractivity contribution < 1.29 is 22.7 Å². The molecule has 0 aromatic carbocycles. The molecule has 0 unspecified atom stereocenters. The standard InChI is InChI=1S/C43H81NO5S/c1-5-7-9-11-13-15-17-19-21-23-25-27-29-31-33-36-41(49-42(45)38-35-39-50(47,48)44-43(46)40(3)4)37-34-32-30-28-26-24-22-20-18-16-14-12-10-8-6-2/h19-22,40-41H,5-18,23-39H2,1-4H3,(H,44,46)/b21-19-,22-20-. The quantitative estimate of drug-likeness (QED) is 0.0391. The van der Waals surface area contributed by atoms with Crippen molar-refractivity contribution in [2.24, 2.45) is 5.92 Å². The molecule has 0 rings (SSSR count). The second-order valence-electron chi connectivity index (χ2n) is 14.9. The van der Waals surface area contributed by atoms with Crippen molar-refractivity contribution in [3.05, 3.63) is 24.3 Å². The summed E-state index contributed by atoms with van der Waals surface area (Å²) in [5, 5.41) is 0. The molecule has 50 heavy (non-hydrogen) atoms. The number of sulfonamides is 1. The molecule has 0 aromatic heterocycles. The summed E-state index contributed by atoms with van der Waals surface area (Å²) in [6.07, 6.45) is 44.1. The summed E-state index contributed by atoms with van der Waals surface area (Å²) < 4.78 is 32.4. The van der Waals surface area contributed by atoms with Crippen molar-refractivity contribution in [1.29, 1.82) is 0 Å². The molecule has 294 valence electrons. The Morgan fingerprint density at radius 2 is 0.900 bits per heavy atom. The minimum atomic E-state index is -3.74. The van der Waals surface area contributed by atoms with Crippen LogP contribution in [0.15, 0.2) is 24.3 Å². The van der Waals surface area contributed by atoms with E-state index < -0.39 is 21.8 Å². The van der Waals surface area contributed by atoms with Crippen LogP contribution in [0.3, 0.4) is 0 Å². The smallest absolute Gasteiger partial charge is 0.306 e. The van der Waals surface area contributed by atoms with Crippen molar-refractivity contribution in [3.63, 3.8) is 0 Å². The zero-order valence-corrected chi connectivity index (χ0v) is 34.2. The van der Waals surface area contributed by atoms with Gasteiger partial charge in [-0.3, -0.25) is 14.3 Å². The molecular formula is C43H81NO5S. The van der Waals surface area contributed by atoms with Crippen LogP contribution in [0.25, 0.3) is 0 Å². The van der Waals surface area contributed by atoms with Gasteiger partial charge in [0.05, 0.1) is 5.75 Å². The maximum absolute atomic E-state index is 12.7. The number of amides is 1. The van der Waals surface area contributed by atoms with Crippen LogP contribution in [0.5, 0.6) is 0 Å². The molecule has 6 nitrogen and oxygen atoms in total. The molecule has 0 aliphatic rings. The van der Waals surface area contributed by atoms with Crippen LogP contribution in [-0.4, -0.2) is 32.2 Å². The van der Waals surface area contributed by atoms with Crippen LogP contribution >= 0.6 is 0 Å². The molecule has 1 N–H and O–H groups in total. The third kappa shape index (κ3) is 34.8. The van der Waals surface area contributed by atoms with Gasteiger partial charge >= 0.3 is 5.97 Å². The summed E-state index contributed by atoms with van der Waals surface area (Å²) >= 11 is 0. The van der Waals surface area contributed by atoms with E-state index in [-0.39, 0.29) is 30.7 Å². The van der Waals surface area contributed by atoms with Crippen LogP contribution in [0, 0.1) is 5.92 Å². The molecule has 0 aliphatic heterocycles. The summed E-state index contributed by atoms with van der Waals surface area (Å²) in [6, 6.07) is 0. The number of unbranched alkanes of at least 4 members (excludes halogenated alkanes) is 22. The fourth-order valence-electron chi connectivity index (χ4n) is 6.12. The highest BCUT2D eigenvalue weighted by Gasteiger charge is 2.19. The molecule has 0 saturated carbocycles. The molecule has 7 heteroatoms. The fraction of sp³-hybridized carbons (Fsp3) is 0.860. The molecule has 0 aromatic rings. The lowest BCUT2D eigenvalue weighted by Gasteiger charge is -2.18. The van der Waals surface area contributed by atoms with Crippen LogP contribution in [0.2, 0.25) is 0 Å². The van der Waals surface area contributed by atoms with Gasteiger partial charge in [-0.15, -0.1) is 0 Å². The summed E-state index contributed by atoms with van der Waals surface area (Å²) in [5.41, 5.74) is 0. The number of ether oxygens (including phenoxy) is 1. The average Bonchev–Trinajstić information content (AvgIpc) is 3.07. The Morgan fingerprint density at radius 1 is 0.540 bits per heavy atom. The van der Waals surface area contributed by atoms with Gasteiger partial charge in [-0.1, -0.05) is 155 Å². The van der Waals surface area contributed by atoms with Crippen molar-refractivity contribution in [3.8, 4) is 0 Å². The first-order chi connectivity index (χ1) is 24.2. The molecule has 0 bridgehead atoms. The zero-order valence-electron chi connectivity index (χ0n) is 33.3. The predicted molar refractivity (Wildman–Crippen MR) is 215 cm³/mol. The Balaban J connectivity index is 4.35. The van der Waals surface area contributed by atoms with E-state index in [1.807, 2.05) is 0 Å². The Kier molecular flexibility index (Phi) is 34.6. The lowest BCUT2D eigenvalue weighted by Crippen LogP contribution is -2.35. The fourth-order valence-corrected chi connectivity index (χ4v) is 7.29. The minimum Gasteiger partial charge on any atom is -0.462 e. The molecule has 0 aliphatic carbocycles. The van der Waals surface area contributed by atoms with Gasteiger partial charge in [0, 0.05) is 12.3 Å². The van der Waals surface area contributed by atoms with Crippen LogP contribution in [0.1, 0.15) is 220 Å². The highest BCUT2D eigenvalue weighted by atomic mass is 32.2. The monoisotopic (exact) mass is 724 g/mol. The Bertz CT molecular complexity index is 903. The van der Waals surface area contributed by atoms with Gasteiger partial charge in [-0.05, 0) is 83.5 Å². The topological polar surface area (TPSA) is 89.5 Å². The Labute approximate surface area is 310 Å². The van der Waals surface area contributed by atoms with E-state index in [2.05, 4.69) is 42.9 Å². The van der Waals surface area contributed by atoms with E-state index in [1.54, 1.807) is 13.8 Å². The van der Waals surface area contributed by atoms with E-state index in [9.17, 15) is 18.0 Å². The van der Waals surface area contributed by atoms with Crippen LogP contribution < -0.4 is 4.72 Å². The number of rotatable bonds is 37. The molecule has 0 heterocycles. The first-order valence-electron chi connectivity index (χ1n) is 21.3. The first-order valence-corrected chi connectivity index (χ1v) is 22.9. The molecule has 1 amide bonds. The van der Waals surface area contributed by atoms with Gasteiger partial charge < -0.3 is 4.74 Å². The van der Waals surface area contributed by atoms with Crippen molar-refractivity contribution in [2.45, 2.75) is 226 Å². The second kappa shape index (κ2) is 35.8. The number of carbonyl (C=O) groups is 2. The highest BCUT2D eigenvalue weighted by molar-refractivity contribution is 7.90. The number of allylic oxidation sites excluding steroid dienone is 4. The molecule has 0 spiro atoms. The van der Waals surface area contributed by atoms with Gasteiger partial charge in [-0.2, -0.15) is 0 Å². The molecule has 0 fully saturated rings. The summed E-state index contributed by atoms with van der Waals surface area (Å²) in [5.74, 6) is -1.52. The summed E-state index contributed by atoms with van der Waals surface area (Å²) in [4.78, 5) is 24.4. The van der Waals surface area contributed by atoms with Gasteiger partial charge in [0.15, 0.2) is 0 Å². The maximum atomic E-state index is 12.7. The van der Waals surface area contributed by atoms with E-state index in [1.165, 1.54) is 141 Å². The third-order valence-electron chi connectivity index (χ3n) is 9.45. The van der Waals surface area contributed by atoms with E-state index in [0.29, 0.717) is 0 Å². The van der Waals surface area contributed by atoms with Gasteiger partial charge in [0.1, 0.15) is 6.10 Å². The Morgan fingerprint density at radius 3 is 1.28 bits per heavy atom. The SMILES string of the molecule is CCCCCCCC/C=C\CCCCCCCC(CCCCCCC/C=C\CCCCCCCC)OC(=O)CCCS(=O)(=O)NC(=O)C(C)C. The predicted octanol–water partition coefficient (Wildman–Crippen LogP) is 12.9. The summed E-state index contributed by atoms with van der Waals surface area (Å²) in [7, 11) is -3.74. The van der Waals surface area contributed by atoms with Gasteiger partial charge in [0.25, 0.3) is 0 Å². The minimum absolute atomic E-state index is 0.0476. The van der Waals surface area contributed by atoms with Crippen molar-refractivity contribution in [1.82, 2.24) is 4.72 Å². The number of hydrogen-bond donors (Lipinski definition) is 1. The van der Waals surface area contributed by atoms with E-state index >= 15 is 0 Å². The second-order valence-corrected chi connectivity index (χ2v) is 16.7. The number of carbonyl (C=O) groups excluding carboxylic acids is 2. The van der Waals surface area contributed by atoms with Crippen molar-refractivity contribution in [2.75, 3.05) is 5.75 Å². The summed E-state index contributed by atoms with van der Waals surface area (Å²) in [6.45, 7) is 7.82. The third-order valence-corrected chi connectivity index (χ3v) is 10.8.